The molecule has 1 aliphatic rings. The molecule has 36 heavy (non-hydrogen) atoms. The van der Waals surface area contributed by atoms with Gasteiger partial charge in [-0.2, -0.15) is 18.6 Å². The average Bonchev–Trinajstić information content (AvgIpc) is 3.24. The van der Waals surface area contributed by atoms with E-state index in [2.05, 4.69) is 28.1 Å². The van der Waals surface area contributed by atoms with E-state index in [9.17, 15) is 28.6 Å². The van der Waals surface area contributed by atoms with Crippen molar-refractivity contribution in [2.24, 2.45) is 5.73 Å². The number of halogens is 1. The summed E-state index contributed by atoms with van der Waals surface area (Å²) < 4.78 is 73.1. The highest BCUT2D eigenvalue weighted by molar-refractivity contribution is 7.66. The Hall–Kier alpha value is -1.63. The number of nitrogen functional groups attached to an aromatic ring is 1. The Morgan fingerprint density at radius 3 is 2.44 bits per heavy atom. The summed E-state index contributed by atoms with van der Waals surface area (Å²) in [5, 5.41) is 10.5. The Bertz CT molecular complexity index is 1260. The standard InChI is InChI=1S/C13H22FN6O13P3/c1-2-29-10-7-9(18-12(16)19-10)20(5-17-7)11-6(14)8(21)13(3-15,31-11)4-30-35(25,26)33-36(27,28)32-34(22,23)24/h5-6,8,11,21H,2-4,15H2,1H3,(H,25,26)(H,27,28)(H2,16,18,19)(H2,22,23,24)/t6-,8+,11-,13-/m1/s1. The molecule has 0 bridgehead atoms. The maximum atomic E-state index is 15.2. The molecular weight excluding hydrogens is 560 g/mol. The fourth-order valence-electron chi connectivity index (χ4n) is 3.20. The highest BCUT2D eigenvalue weighted by Crippen LogP contribution is 2.66. The number of alkyl halides is 1. The smallest absolute Gasteiger partial charge is 0.476 e. The van der Waals surface area contributed by atoms with Gasteiger partial charge in [-0.05, 0) is 6.92 Å². The lowest BCUT2D eigenvalue weighted by molar-refractivity contribution is -0.118. The molecule has 9 N–H and O–H groups in total. The summed E-state index contributed by atoms with van der Waals surface area (Å²) in [6.45, 7) is -0.0456. The molecule has 0 radical (unpaired) electrons. The topological polar surface area (TPSA) is 294 Å². The van der Waals surface area contributed by atoms with Gasteiger partial charge in [0.05, 0.1) is 19.5 Å². The van der Waals surface area contributed by atoms with E-state index in [0.29, 0.717) is 0 Å². The highest BCUT2D eigenvalue weighted by Gasteiger charge is 2.57. The zero-order chi connectivity index (χ0) is 27.1. The lowest BCUT2D eigenvalue weighted by Gasteiger charge is -2.30. The van der Waals surface area contributed by atoms with E-state index in [0.717, 1.165) is 10.9 Å². The van der Waals surface area contributed by atoms with Crippen molar-refractivity contribution in [1.82, 2.24) is 19.5 Å². The number of aromatic nitrogens is 4. The first-order valence-electron chi connectivity index (χ1n) is 9.64. The Labute approximate surface area is 200 Å². The van der Waals surface area contributed by atoms with E-state index in [4.69, 9.17) is 30.7 Å². The van der Waals surface area contributed by atoms with Gasteiger partial charge in [-0.1, -0.05) is 0 Å². The van der Waals surface area contributed by atoms with Gasteiger partial charge in [0.25, 0.3) is 0 Å². The van der Waals surface area contributed by atoms with E-state index >= 15 is 4.39 Å². The molecule has 6 atom stereocenters. The maximum absolute atomic E-state index is 15.2. The third-order valence-electron chi connectivity index (χ3n) is 4.66. The molecule has 1 saturated heterocycles. The fraction of sp³-hybridized carbons (Fsp3) is 0.615. The van der Waals surface area contributed by atoms with Crippen LogP contribution in [0.25, 0.3) is 11.2 Å². The van der Waals surface area contributed by atoms with Gasteiger partial charge < -0.3 is 45.6 Å². The monoisotopic (exact) mass is 582 g/mol. The van der Waals surface area contributed by atoms with Gasteiger partial charge in [-0.15, -0.1) is 0 Å². The van der Waals surface area contributed by atoms with Crippen molar-refractivity contribution in [3.63, 3.8) is 0 Å². The zero-order valence-corrected chi connectivity index (χ0v) is 20.8. The molecule has 19 nitrogen and oxygen atoms in total. The SMILES string of the molecule is CCOc1nc(N)nc2c1ncn2[C@@H]1O[C@](CN)(COP(=O)(O)OP(=O)(O)OP(=O)(O)O)[C@@H](O)[C@H]1F. The van der Waals surface area contributed by atoms with Crippen LogP contribution >= 0.6 is 23.5 Å². The number of hydrogen-bond acceptors (Lipinski definition) is 14. The quantitative estimate of drug-likeness (QED) is 0.157. The van der Waals surface area contributed by atoms with Gasteiger partial charge in [-0.25, -0.2) is 23.1 Å². The molecule has 0 saturated carbocycles. The van der Waals surface area contributed by atoms with Crippen molar-refractivity contribution in [3.8, 4) is 5.88 Å². The van der Waals surface area contributed by atoms with Crippen molar-refractivity contribution >= 4 is 40.6 Å². The van der Waals surface area contributed by atoms with E-state index in [1.165, 1.54) is 0 Å². The molecule has 3 rings (SSSR count). The Morgan fingerprint density at radius 1 is 1.19 bits per heavy atom. The van der Waals surface area contributed by atoms with Crippen LogP contribution in [0.2, 0.25) is 0 Å². The molecule has 0 amide bonds. The fourth-order valence-corrected chi connectivity index (χ4v) is 6.28. The molecule has 2 aromatic heterocycles. The first-order valence-corrected chi connectivity index (χ1v) is 14.2. The molecule has 204 valence electrons. The molecule has 23 heteroatoms. The van der Waals surface area contributed by atoms with Gasteiger partial charge in [-0.3, -0.25) is 9.09 Å². The molecule has 3 heterocycles. The zero-order valence-electron chi connectivity index (χ0n) is 18.1. The lowest BCUT2D eigenvalue weighted by atomic mass is 9.97. The van der Waals surface area contributed by atoms with Crippen LogP contribution in [-0.4, -0.2) is 81.8 Å². The van der Waals surface area contributed by atoms with Gasteiger partial charge in [0.1, 0.15) is 11.7 Å². The Kier molecular flexibility index (Phi) is 8.25. The van der Waals surface area contributed by atoms with Crippen LogP contribution in [0.1, 0.15) is 13.2 Å². The molecular formula is C13H22FN6O13P3. The third-order valence-corrected chi connectivity index (χ3v) is 8.45. The number of aliphatic hydroxyl groups excluding tert-OH is 1. The third kappa shape index (κ3) is 6.25. The number of imidazole rings is 1. The summed E-state index contributed by atoms with van der Waals surface area (Å²) in [5.74, 6) is -0.259. The summed E-state index contributed by atoms with van der Waals surface area (Å²) in [6, 6.07) is 0. The number of ether oxygens (including phenoxy) is 2. The average molecular weight is 582 g/mol. The highest BCUT2D eigenvalue weighted by atomic mass is 31.3. The van der Waals surface area contributed by atoms with Crippen molar-refractivity contribution in [1.29, 1.82) is 0 Å². The predicted molar refractivity (Wildman–Crippen MR) is 114 cm³/mol. The van der Waals surface area contributed by atoms with Crippen LogP contribution in [0, 0.1) is 0 Å². The number of phosphoric ester groups is 1. The normalized spacial score (nSPS) is 28.2. The molecule has 2 aromatic rings. The molecule has 1 fully saturated rings. The Morgan fingerprint density at radius 2 is 1.86 bits per heavy atom. The second kappa shape index (κ2) is 10.3. The van der Waals surface area contributed by atoms with Gasteiger partial charge in [0, 0.05) is 6.54 Å². The predicted octanol–water partition coefficient (Wildman–Crippen LogP) is -0.924. The van der Waals surface area contributed by atoms with E-state index in [1.807, 2.05) is 0 Å². The summed E-state index contributed by atoms with van der Waals surface area (Å²) in [7, 11) is -17.0. The second-order valence-corrected chi connectivity index (χ2v) is 11.6. The van der Waals surface area contributed by atoms with Crippen LogP contribution in [-0.2, 0) is 31.6 Å². The molecule has 2 unspecified atom stereocenters. The number of phosphoric acid groups is 3. The lowest BCUT2D eigenvalue weighted by Crippen LogP contribution is -2.51. The minimum Gasteiger partial charge on any atom is -0.476 e. The van der Waals surface area contributed by atoms with Gasteiger partial charge in [0.2, 0.25) is 11.8 Å². The number of anilines is 1. The van der Waals surface area contributed by atoms with Crippen molar-refractivity contribution in [2.75, 3.05) is 25.5 Å². The van der Waals surface area contributed by atoms with Crippen LogP contribution in [0.4, 0.5) is 10.3 Å². The molecule has 0 spiro atoms. The van der Waals surface area contributed by atoms with Gasteiger partial charge >= 0.3 is 23.5 Å². The van der Waals surface area contributed by atoms with E-state index < -0.39 is 60.7 Å². The first-order chi connectivity index (χ1) is 16.5. The Balaban J connectivity index is 1.85. The number of nitrogens with zero attached hydrogens (tertiary/aromatic N) is 4. The molecule has 0 aromatic carbocycles. The van der Waals surface area contributed by atoms with Crippen molar-refractivity contribution in [2.45, 2.75) is 31.0 Å². The minimum absolute atomic E-state index is 0.00884. The molecule has 0 aliphatic carbocycles. The summed E-state index contributed by atoms with van der Waals surface area (Å²) in [4.78, 5) is 48.0. The van der Waals surface area contributed by atoms with Crippen molar-refractivity contribution < 1.29 is 65.4 Å². The van der Waals surface area contributed by atoms with Crippen LogP contribution in [0.15, 0.2) is 6.33 Å². The summed E-state index contributed by atoms with van der Waals surface area (Å²) >= 11 is 0. The number of fused-ring (bicyclic) bond motifs is 1. The second-order valence-electron chi connectivity index (χ2n) is 7.18. The first kappa shape index (κ1) is 28.9. The van der Waals surface area contributed by atoms with Crippen molar-refractivity contribution in [3.05, 3.63) is 6.33 Å². The van der Waals surface area contributed by atoms with Crippen LogP contribution in [0.3, 0.4) is 0 Å². The molecule has 1 aliphatic heterocycles. The number of rotatable bonds is 11. The minimum atomic E-state index is -5.81. The summed E-state index contributed by atoms with van der Waals surface area (Å²) in [5.41, 5.74) is 9.08. The largest absolute Gasteiger partial charge is 0.490 e. The number of hydrogen-bond donors (Lipinski definition) is 7. The number of nitrogens with two attached hydrogens (primary N) is 2. The summed E-state index contributed by atoms with van der Waals surface area (Å²) in [6.07, 6.45) is -4.94. The van der Waals surface area contributed by atoms with Crippen LogP contribution in [0.5, 0.6) is 5.88 Å². The van der Waals surface area contributed by atoms with E-state index in [1.54, 1.807) is 6.92 Å². The number of aliphatic hydroxyl groups is 1. The van der Waals surface area contributed by atoms with Crippen LogP contribution < -0.4 is 16.2 Å². The van der Waals surface area contributed by atoms with E-state index in [-0.39, 0.29) is 29.6 Å². The van der Waals surface area contributed by atoms with Gasteiger partial charge in [0.15, 0.2) is 23.6 Å². The maximum Gasteiger partial charge on any atom is 0.490 e.